The summed E-state index contributed by atoms with van der Waals surface area (Å²) >= 11 is 0. The van der Waals surface area contributed by atoms with Crippen molar-refractivity contribution in [2.24, 2.45) is 0 Å². The van der Waals surface area contributed by atoms with Gasteiger partial charge in [0.25, 0.3) is 0 Å². The van der Waals surface area contributed by atoms with Crippen molar-refractivity contribution in [3.8, 4) is 6.07 Å². The maximum Gasteiger partial charge on any atom is 0.243 e. The lowest BCUT2D eigenvalue weighted by atomic mass is 10.1. The molecule has 0 spiro atoms. The van der Waals surface area contributed by atoms with Gasteiger partial charge in [0.1, 0.15) is 0 Å². The van der Waals surface area contributed by atoms with Crippen molar-refractivity contribution in [2.75, 3.05) is 22.5 Å². The molecule has 6 nitrogen and oxygen atoms in total. The number of carbonyl (C=O) groups is 2. The van der Waals surface area contributed by atoms with Gasteiger partial charge in [-0.2, -0.15) is 5.26 Å². The summed E-state index contributed by atoms with van der Waals surface area (Å²) in [5.41, 5.74) is 3.95. The number of nitrogens with zero attached hydrogens (tertiary/aromatic N) is 1. The van der Waals surface area contributed by atoms with E-state index < -0.39 is 0 Å². The van der Waals surface area contributed by atoms with E-state index in [1.165, 1.54) is 6.92 Å². The van der Waals surface area contributed by atoms with Gasteiger partial charge in [0, 0.05) is 24.0 Å². The quantitative estimate of drug-likeness (QED) is 0.755. The average Bonchev–Trinajstić information content (AvgIpc) is 2.57. The summed E-state index contributed by atoms with van der Waals surface area (Å²) in [5, 5.41) is 17.3. The molecule has 3 N–H and O–H groups in total. The van der Waals surface area contributed by atoms with E-state index in [9.17, 15) is 9.59 Å². The Labute approximate surface area is 146 Å². The van der Waals surface area contributed by atoms with E-state index >= 15 is 0 Å². The summed E-state index contributed by atoms with van der Waals surface area (Å²) in [6, 6.07) is 14.7. The van der Waals surface area contributed by atoms with Crippen LogP contribution in [0.1, 0.15) is 18.1 Å². The second kappa shape index (κ2) is 8.50. The lowest BCUT2D eigenvalue weighted by Crippen LogP contribution is -2.22. The Morgan fingerprint density at radius 1 is 1.04 bits per heavy atom. The lowest BCUT2D eigenvalue weighted by molar-refractivity contribution is -0.115. The molecule has 0 atom stereocenters. The topological polar surface area (TPSA) is 94.0 Å². The Morgan fingerprint density at radius 2 is 1.72 bits per heavy atom. The third kappa shape index (κ3) is 5.36. The Morgan fingerprint density at radius 3 is 2.36 bits per heavy atom. The monoisotopic (exact) mass is 336 g/mol. The van der Waals surface area contributed by atoms with E-state index in [-0.39, 0.29) is 18.4 Å². The van der Waals surface area contributed by atoms with Gasteiger partial charge in [-0.15, -0.1) is 0 Å². The van der Waals surface area contributed by atoms with E-state index in [0.29, 0.717) is 17.8 Å². The van der Waals surface area contributed by atoms with Crippen LogP contribution >= 0.6 is 0 Å². The molecular formula is C19H20N4O2. The summed E-state index contributed by atoms with van der Waals surface area (Å²) in [7, 11) is 0. The number of nitrogens with one attached hydrogen (secondary N) is 3. The number of hydrogen-bond donors (Lipinski definition) is 3. The van der Waals surface area contributed by atoms with Crippen molar-refractivity contribution in [2.45, 2.75) is 20.3 Å². The molecule has 2 aromatic carbocycles. The summed E-state index contributed by atoms with van der Waals surface area (Å²) in [5.74, 6) is -0.324. The Hall–Kier alpha value is -3.33. The van der Waals surface area contributed by atoms with Crippen LogP contribution in [0.3, 0.4) is 0 Å². The lowest BCUT2D eigenvalue weighted by Gasteiger charge is -2.13. The minimum Gasteiger partial charge on any atom is -0.376 e. The largest absolute Gasteiger partial charge is 0.376 e. The number of rotatable bonds is 6. The predicted molar refractivity (Wildman–Crippen MR) is 98.4 cm³/mol. The van der Waals surface area contributed by atoms with E-state index in [0.717, 1.165) is 16.8 Å². The number of nitriles is 1. The second-order valence-electron chi connectivity index (χ2n) is 5.59. The third-order valence-electron chi connectivity index (χ3n) is 3.60. The van der Waals surface area contributed by atoms with Crippen LogP contribution in [0, 0.1) is 18.3 Å². The number of amides is 2. The second-order valence-corrected chi connectivity index (χ2v) is 5.59. The molecule has 25 heavy (non-hydrogen) atoms. The van der Waals surface area contributed by atoms with Crippen molar-refractivity contribution in [3.05, 3.63) is 53.6 Å². The summed E-state index contributed by atoms with van der Waals surface area (Å²) in [6.45, 7) is 3.43. The fourth-order valence-electron chi connectivity index (χ4n) is 2.33. The minimum atomic E-state index is -0.183. The minimum absolute atomic E-state index is 0.101. The zero-order chi connectivity index (χ0) is 18.2. The van der Waals surface area contributed by atoms with Gasteiger partial charge in [0.2, 0.25) is 11.8 Å². The molecule has 128 valence electrons. The molecule has 0 fully saturated rings. The highest BCUT2D eigenvalue weighted by molar-refractivity contribution is 5.94. The van der Waals surface area contributed by atoms with Crippen molar-refractivity contribution >= 4 is 28.9 Å². The number of carbonyl (C=O) groups excluding carboxylic acids is 2. The Balaban J connectivity index is 1.94. The van der Waals surface area contributed by atoms with E-state index in [2.05, 4.69) is 22.0 Å². The molecule has 0 bridgehead atoms. The third-order valence-corrected chi connectivity index (χ3v) is 3.60. The normalized spacial score (nSPS) is 9.80. The molecule has 0 heterocycles. The standard InChI is InChI=1S/C19H20N4O2/c1-13-17(4-3-5-18(13)22-14(2)24)21-12-19(25)23-16-8-6-15(7-9-16)10-11-20/h3-9,21H,10,12H2,1-2H3,(H,22,24)(H,23,25). The smallest absolute Gasteiger partial charge is 0.243 e. The van der Waals surface area contributed by atoms with Crippen LogP contribution in [-0.4, -0.2) is 18.4 Å². The highest BCUT2D eigenvalue weighted by atomic mass is 16.2. The zero-order valence-corrected chi connectivity index (χ0v) is 14.2. The van der Waals surface area contributed by atoms with E-state index in [4.69, 9.17) is 5.26 Å². The van der Waals surface area contributed by atoms with Gasteiger partial charge < -0.3 is 16.0 Å². The van der Waals surface area contributed by atoms with Gasteiger partial charge in [0.15, 0.2) is 0 Å². The molecular weight excluding hydrogens is 316 g/mol. The van der Waals surface area contributed by atoms with Gasteiger partial charge in [-0.25, -0.2) is 0 Å². The highest BCUT2D eigenvalue weighted by Gasteiger charge is 2.07. The van der Waals surface area contributed by atoms with Crippen molar-refractivity contribution in [1.82, 2.24) is 0 Å². The molecule has 2 amide bonds. The maximum atomic E-state index is 12.1. The zero-order valence-electron chi connectivity index (χ0n) is 14.2. The van der Waals surface area contributed by atoms with Gasteiger partial charge in [-0.3, -0.25) is 9.59 Å². The fraction of sp³-hybridized carbons (Fsp3) is 0.211. The summed E-state index contributed by atoms with van der Waals surface area (Å²) in [6.07, 6.45) is 0.347. The molecule has 0 aliphatic heterocycles. The summed E-state index contributed by atoms with van der Waals surface area (Å²) < 4.78 is 0. The van der Waals surface area contributed by atoms with Crippen LogP contribution in [0.15, 0.2) is 42.5 Å². The molecule has 0 saturated heterocycles. The maximum absolute atomic E-state index is 12.1. The first-order valence-corrected chi connectivity index (χ1v) is 7.86. The molecule has 0 unspecified atom stereocenters. The predicted octanol–water partition coefficient (Wildman–Crippen LogP) is 3.07. The van der Waals surface area contributed by atoms with Crippen LogP contribution in [0.5, 0.6) is 0 Å². The SMILES string of the molecule is CC(=O)Nc1cccc(NCC(=O)Nc2ccc(CC#N)cc2)c1C. The van der Waals surface area contributed by atoms with Crippen molar-refractivity contribution in [1.29, 1.82) is 5.26 Å². The molecule has 6 heteroatoms. The number of anilines is 3. The van der Waals surface area contributed by atoms with Gasteiger partial charge >= 0.3 is 0 Å². The van der Waals surface area contributed by atoms with Crippen molar-refractivity contribution < 1.29 is 9.59 Å². The molecule has 0 radical (unpaired) electrons. The van der Waals surface area contributed by atoms with Crippen molar-refractivity contribution in [3.63, 3.8) is 0 Å². The summed E-state index contributed by atoms with van der Waals surface area (Å²) in [4.78, 5) is 23.3. The first kappa shape index (κ1) is 18.0. The highest BCUT2D eigenvalue weighted by Crippen LogP contribution is 2.23. The molecule has 2 rings (SSSR count). The van der Waals surface area contributed by atoms with Crippen LogP contribution < -0.4 is 16.0 Å². The molecule has 0 aliphatic carbocycles. The van der Waals surface area contributed by atoms with Crippen LogP contribution in [0.2, 0.25) is 0 Å². The average molecular weight is 336 g/mol. The first-order chi connectivity index (χ1) is 12.0. The van der Waals surface area contributed by atoms with E-state index in [1.807, 2.05) is 37.3 Å². The molecule has 2 aromatic rings. The Kier molecular flexibility index (Phi) is 6.13. The van der Waals surface area contributed by atoms with E-state index in [1.54, 1.807) is 12.1 Å². The van der Waals surface area contributed by atoms with Gasteiger partial charge in [0.05, 0.1) is 19.0 Å². The number of benzene rings is 2. The van der Waals surface area contributed by atoms with Gasteiger partial charge in [-0.05, 0) is 42.3 Å². The van der Waals surface area contributed by atoms with Gasteiger partial charge in [-0.1, -0.05) is 18.2 Å². The van der Waals surface area contributed by atoms with Crippen LogP contribution in [0.4, 0.5) is 17.1 Å². The van der Waals surface area contributed by atoms with Crippen LogP contribution in [0.25, 0.3) is 0 Å². The van der Waals surface area contributed by atoms with Crippen LogP contribution in [-0.2, 0) is 16.0 Å². The Bertz CT molecular complexity index is 807. The molecule has 0 saturated carbocycles. The molecule has 0 aliphatic rings. The molecule has 0 aromatic heterocycles. The fourth-order valence-corrected chi connectivity index (χ4v) is 2.33. The number of hydrogen-bond acceptors (Lipinski definition) is 4. The first-order valence-electron chi connectivity index (χ1n) is 7.86.